The molecule has 7 atom stereocenters. The third-order valence-corrected chi connectivity index (χ3v) is 9.69. The van der Waals surface area contributed by atoms with Crippen molar-refractivity contribution in [3.63, 3.8) is 0 Å². The van der Waals surface area contributed by atoms with Crippen LogP contribution in [0, 0.1) is 46.3 Å². The van der Waals surface area contributed by atoms with Crippen molar-refractivity contribution in [1.82, 2.24) is 0 Å². The van der Waals surface area contributed by atoms with Crippen LogP contribution in [0.2, 0.25) is 0 Å². The number of hydrogen-bond donors (Lipinski definition) is 1. The lowest BCUT2D eigenvalue weighted by Crippen LogP contribution is -2.53. The molecule has 0 aromatic carbocycles. The molecule has 30 heavy (non-hydrogen) atoms. The van der Waals surface area contributed by atoms with Crippen molar-refractivity contribution in [1.29, 1.82) is 0 Å². The average molecular weight is 412 g/mol. The zero-order chi connectivity index (χ0) is 21.7. The molecule has 0 aromatic rings. The van der Waals surface area contributed by atoms with E-state index >= 15 is 0 Å². The highest BCUT2D eigenvalue weighted by atomic mass is 16.4. The van der Waals surface area contributed by atoms with Crippen molar-refractivity contribution in [3.05, 3.63) is 23.8 Å². The molecule has 0 unspecified atom stereocenters. The van der Waals surface area contributed by atoms with Crippen molar-refractivity contribution >= 4 is 11.5 Å². The zero-order valence-corrected chi connectivity index (χ0v) is 19.7. The molecule has 1 N–H and O–H groups in total. The molecular formula is C27H41NO2. The van der Waals surface area contributed by atoms with E-state index in [4.69, 9.17) is 0 Å². The molecule has 0 heterocycles. The lowest BCUT2D eigenvalue weighted by Gasteiger charge is -2.58. The molecule has 0 aliphatic heterocycles. The Morgan fingerprint density at radius 1 is 1.17 bits per heavy atom. The molecule has 0 saturated heterocycles. The number of hydrogen-bond acceptors (Lipinski definition) is 3. The van der Waals surface area contributed by atoms with Gasteiger partial charge < -0.3 is 5.21 Å². The van der Waals surface area contributed by atoms with Crippen LogP contribution in [0.15, 0.2) is 29.0 Å². The molecule has 4 aliphatic carbocycles. The number of fused-ring (bicyclic) bond motifs is 5. The summed E-state index contributed by atoms with van der Waals surface area (Å²) < 4.78 is 0. The van der Waals surface area contributed by atoms with Gasteiger partial charge in [0, 0.05) is 12.0 Å². The molecule has 4 aliphatic rings. The summed E-state index contributed by atoms with van der Waals surface area (Å²) in [4.78, 5) is 13.2. The number of oxime groups is 1. The summed E-state index contributed by atoms with van der Waals surface area (Å²) in [6.07, 6.45) is 15.5. The standard InChI is InChI=1S/C27H41NO2/c1-17(2)7-6-8-18(3)21-9-10-22-20-16-25(29)24-15-19(28-30)11-13-27(24,5)23(20)12-14-26(21,22)4/h6,8,15,17-18,20-23,30H,7,9-14,16H2,1-5H3/t18-,20+,21-,22+,23+,26-,27-/m1/s1. The third kappa shape index (κ3) is 3.41. The van der Waals surface area contributed by atoms with E-state index in [1.54, 1.807) is 0 Å². The Balaban J connectivity index is 1.58. The van der Waals surface area contributed by atoms with Gasteiger partial charge in [0.05, 0.1) is 5.71 Å². The number of carbonyl (C=O) groups is 1. The maximum atomic E-state index is 13.2. The molecule has 3 heteroatoms. The van der Waals surface area contributed by atoms with Crippen LogP contribution in [0.3, 0.4) is 0 Å². The molecule has 4 rings (SSSR count). The second kappa shape index (κ2) is 7.95. The number of carbonyl (C=O) groups excluding carboxylic acids is 1. The molecule has 166 valence electrons. The van der Waals surface area contributed by atoms with Gasteiger partial charge in [0.15, 0.2) is 5.78 Å². The van der Waals surface area contributed by atoms with E-state index in [0.29, 0.717) is 47.0 Å². The highest BCUT2D eigenvalue weighted by Crippen LogP contribution is 2.67. The first kappa shape index (κ1) is 21.8. The summed E-state index contributed by atoms with van der Waals surface area (Å²) in [5, 5.41) is 12.7. The highest BCUT2D eigenvalue weighted by Gasteiger charge is 2.60. The van der Waals surface area contributed by atoms with Gasteiger partial charge in [0.1, 0.15) is 0 Å². The fourth-order valence-electron chi connectivity index (χ4n) is 8.08. The molecule has 0 amide bonds. The first-order chi connectivity index (χ1) is 14.2. The molecule has 3 fully saturated rings. The zero-order valence-electron chi connectivity index (χ0n) is 19.7. The molecule has 0 spiro atoms. The summed E-state index contributed by atoms with van der Waals surface area (Å²) in [6, 6.07) is 0. The summed E-state index contributed by atoms with van der Waals surface area (Å²) in [7, 11) is 0. The van der Waals surface area contributed by atoms with Gasteiger partial charge in [-0.1, -0.05) is 51.9 Å². The van der Waals surface area contributed by atoms with Gasteiger partial charge in [-0.3, -0.25) is 4.79 Å². The van der Waals surface area contributed by atoms with E-state index < -0.39 is 0 Å². The lowest BCUT2D eigenvalue weighted by atomic mass is 9.46. The van der Waals surface area contributed by atoms with Crippen LogP contribution in [0.25, 0.3) is 0 Å². The van der Waals surface area contributed by atoms with Crippen LogP contribution >= 0.6 is 0 Å². The third-order valence-electron chi connectivity index (χ3n) is 9.69. The van der Waals surface area contributed by atoms with Crippen molar-refractivity contribution in [2.45, 2.75) is 86.0 Å². The maximum Gasteiger partial charge on any atom is 0.159 e. The first-order valence-electron chi connectivity index (χ1n) is 12.3. The van der Waals surface area contributed by atoms with Gasteiger partial charge in [-0.25, -0.2) is 0 Å². The Morgan fingerprint density at radius 2 is 1.93 bits per heavy atom. The minimum atomic E-state index is -0.0314. The van der Waals surface area contributed by atoms with Crippen molar-refractivity contribution in [3.8, 4) is 0 Å². The Morgan fingerprint density at radius 3 is 2.63 bits per heavy atom. The number of ketones is 1. The van der Waals surface area contributed by atoms with Gasteiger partial charge in [-0.05, 0) is 97.4 Å². The van der Waals surface area contributed by atoms with Crippen LogP contribution in [-0.4, -0.2) is 16.7 Å². The van der Waals surface area contributed by atoms with Gasteiger partial charge in [0.2, 0.25) is 0 Å². The van der Waals surface area contributed by atoms with Crippen molar-refractivity contribution in [2.75, 3.05) is 0 Å². The molecule has 3 saturated carbocycles. The number of rotatable bonds is 4. The van der Waals surface area contributed by atoms with Crippen LogP contribution in [0.4, 0.5) is 0 Å². The van der Waals surface area contributed by atoms with Crippen LogP contribution in [-0.2, 0) is 4.79 Å². The molecular weight excluding hydrogens is 370 g/mol. The summed E-state index contributed by atoms with van der Waals surface area (Å²) >= 11 is 0. The van der Waals surface area contributed by atoms with Gasteiger partial charge in [-0.15, -0.1) is 0 Å². The Hall–Kier alpha value is -1.38. The fraction of sp³-hybridized carbons (Fsp3) is 0.778. The maximum absolute atomic E-state index is 13.2. The molecule has 0 radical (unpaired) electrons. The number of nitrogens with zero attached hydrogens (tertiary/aromatic N) is 1. The molecule has 0 aromatic heterocycles. The first-order valence-corrected chi connectivity index (χ1v) is 12.3. The van der Waals surface area contributed by atoms with Crippen LogP contribution in [0.5, 0.6) is 0 Å². The van der Waals surface area contributed by atoms with Crippen LogP contribution in [0.1, 0.15) is 86.0 Å². The normalized spacial score (nSPS) is 43.5. The lowest BCUT2D eigenvalue weighted by molar-refractivity contribution is -0.128. The second-order valence-electron chi connectivity index (χ2n) is 11.7. The minimum absolute atomic E-state index is 0.0314. The highest BCUT2D eigenvalue weighted by molar-refractivity contribution is 6.07. The van der Waals surface area contributed by atoms with E-state index in [1.165, 1.54) is 32.1 Å². The monoisotopic (exact) mass is 411 g/mol. The fourth-order valence-corrected chi connectivity index (χ4v) is 8.08. The van der Waals surface area contributed by atoms with E-state index in [0.717, 1.165) is 30.3 Å². The SMILES string of the molecule is CC(C)CC=C[C@@H](C)[C@H]1CC[C@H]2[C@@H]3CC(=O)C4=CC(=NO)CC[C@]4(C)[C@H]3CC[C@]12C. The average Bonchev–Trinajstić information content (AvgIpc) is 3.05. The van der Waals surface area contributed by atoms with Crippen molar-refractivity contribution < 1.29 is 10.0 Å². The number of Topliss-reactive ketones (excluding diaryl/α,β-unsaturated/α-hetero) is 1. The smallest absolute Gasteiger partial charge is 0.159 e. The summed E-state index contributed by atoms with van der Waals surface area (Å²) in [6.45, 7) is 11.9. The van der Waals surface area contributed by atoms with E-state index in [2.05, 4.69) is 51.9 Å². The minimum Gasteiger partial charge on any atom is -0.411 e. The van der Waals surface area contributed by atoms with E-state index in [-0.39, 0.29) is 5.41 Å². The topological polar surface area (TPSA) is 49.7 Å². The quantitative estimate of drug-likeness (QED) is 0.314. The van der Waals surface area contributed by atoms with Gasteiger partial charge >= 0.3 is 0 Å². The Kier molecular flexibility index (Phi) is 5.79. The largest absolute Gasteiger partial charge is 0.411 e. The Labute approximate surface area is 183 Å². The van der Waals surface area contributed by atoms with E-state index in [9.17, 15) is 10.0 Å². The predicted molar refractivity (Wildman–Crippen MR) is 123 cm³/mol. The summed E-state index contributed by atoms with van der Waals surface area (Å²) in [5.74, 6) is 4.21. The Bertz CT molecular complexity index is 778. The van der Waals surface area contributed by atoms with Gasteiger partial charge in [0.25, 0.3) is 0 Å². The predicted octanol–water partition coefficient (Wildman–Crippen LogP) is 6.81. The second-order valence-corrected chi connectivity index (χ2v) is 11.7. The number of allylic oxidation sites excluding steroid dienone is 4. The summed E-state index contributed by atoms with van der Waals surface area (Å²) in [5.41, 5.74) is 1.97. The molecule has 3 nitrogen and oxygen atoms in total. The van der Waals surface area contributed by atoms with Crippen molar-refractivity contribution in [2.24, 2.45) is 51.5 Å². The van der Waals surface area contributed by atoms with E-state index in [1.807, 2.05) is 6.08 Å². The van der Waals surface area contributed by atoms with Gasteiger partial charge in [-0.2, -0.15) is 0 Å². The van der Waals surface area contributed by atoms with Crippen LogP contribution < -0.4 is 0 Å². The molecule has 0 bridgehead atoms.